The average molecular weight is 1060 g/mol. The van der Waals surface area contributed by atoms with E-state index in [0.29, 0.717) is 71.0 Å². The predicted molar refractivity (Wildman–Crippen MR) is 284 cm³/mol. The fourth-order valence-electron chi connectivity index (χ4n) is 7.89. The molecular weight excluding hydrogens is 955 g/mol. The van der Waals surface area contributed by atoms with Crippen molar-refractivity contribution in [2.75, 3.05) is 79.1 Å². The van der Waals surface area contributed by atoms with Crippen LogP contribution < -0.4 is 0 Å². The maximum Gasteiger partial charge on any atom is 0.508 e. The summed E-state index contributed by atoms with van der Waals surface area (Å²) >= 11 is 0. The summed E-state index contributed by atoms with van der Waals surface area (Å²) in [5, 5.41) is 9.26. The van der Waals surface area contributed by atoms with Crippen LogP contribution in [0.3, 0.4) is 0 Å². The van der Waals surface area contributed by atoms with Gasteiger partial charge in [-0.05, 0) is 57.9 Å². The highest BCUT2D eigenvalue weighted by atomic mass is 16.7. The molecule has 0 amide bonds. The number of nitrogens with zero attached hydrogens (tertiary/aromatic N) is 1. The molecule has 0 aliphatic rings. The quantitative estimate of drug-likeness (QED) is 0.0340. The fourth-order valence-corrected chi connectivity index (χ4v) is 7.89. The Bertz CT molecular complexity index is 1280. The standard InChI is InChI=1S/C57H103NO16/c1-6-11-15-19-23-31-51(60)68-41-48(42-69-52(61)32-24-20-16-12-7-2)29-27-35-55(64)72-45-50(47-74-57(66)67-40-38-58(10-5)37-39-59)46-73-56(65)36-28-30-49(43-70-53(62)33-25-21-17-13-8-3)44-71-54(63)34-26-22-18-14-9-4/h48-50,59H,6-47H2,1-5H3. The van der Waals surface area contributed by atoms with Gasteiger partial charge in [-0.1, -0.05) is 137 Å². The lowest BCUT2D eigenvalue weighted by molar-refractivity contribution is -0.153. The first kappa shape index (κ1) is 70.0. The van der Waals surface area contributed by atoms with Crippen molar-refractivity contribution in [3.05, 3.63) is 0 Å². The van der Waals surface area contributed by atoms with Gasteiger partial charge in [0, 0.05) is 63.5 Å². The number of hydrogen-bond acceptors (Lipinski definition) is 17. The molecule has 17 heteroatoms. The number of esters is 6. The molecule has 0 fully saturated rings. The van der Waals surface area contributed by atoms with Gasteiger partial charge in [-0.15, -0.1) is 0 Å². The van der Waals surface area contributed by atoms with Gasteiger partial charge in [-0.2, -0.15) is 0 Å². The number of ether oxygens (including phenoxy) is 8. The van der Waals surface area contributed by atoms with E-state index in [2.05, 4.69) is 27.7 Å². The van der Waals surface area contributed by atoms with Crippen molar-refractivity contribution in [3.63, 3.8) is 0 Å². The highest BCUT2D eigenvalue weighted by Crippen LogP contribution is 2.17. The van der Waals surface area contributed by atoms with Crippen LogP contribution in [0.15, 0.2) is 0 Å². The Labute approximate surface area is 446 Å². The lowest BCUT2D eigenvalue weighted by atomic mass is 10.0. The Morgan fingerprint density at radius 1 is 0.338 bits per heavy atom. The Morgan fingerprint density at radius 3 is 0.919 bits per heavy atom. The highest BCUT2D eigenvalue weighted by Gasteiger charge is 2.22. The van der Waals surface area contributed by atoms with E-state index in [1.165, 1.54) is 0 Å². The predicted octanol–water partition coefficient (Wildman–Crippen LogP) is 11.3. The Hall–Kier alpha value is -3.99. The van der Waals surface area contributed by atoms with Crippen LogP contribution in [-0.4, -0.2) is 131 Å². The van der Waals surface area contributed by atoms with Gasteiger partial charge < -0.3 is 43.0 Å². The molecule has 0 saturated heterocycles. The highest BCUT2D eigenvalue weighted by molar-refractivity contribution is 5.71. The molecule has 0 aromatic carbocycles. The maximum absolute atomic E-state index is 13.1. The molecule has 0 aliphatic heterocycles. The third-order valence-electron chi connectivity index (χ3n) is 12.7. The molecule has 0 atom stereocenters. The third kappa shape index (κ3) is 45.4. The summed E-state index contributed by atoms with van der Waals surface area (Å²) in [5.41, 5.74) is 0. The Morgan fingerprint density at radius 2 is 0.622 bits per heavy atom. The molecule has 0 spiro atoms. The number of aliphatic hydroxyl groups excluding tert-OH is 1. The second-order valence-electron chi connectivity index (χ2n) is 19.7. The lowest BCUT2D eigenvalue weighted by Gasteiger charge is -2.20. The van der Waals surface area contributed by atoms with Crippen molar-refractivity contribution < 1.29 is 76.6 Å². The number of aliphatic hydroxyl groups is 1. The van der Waals surface area contributed by atoms with E-state index in [1.807, 2.05) is 11.8 Å². The van der Waals surface area contributed by atoms with Crippen molar-refractivity contribution >= 4 is 42.0 Å². The summed E-state index contributed by atoms with van der Waals surface area (Å²) in [6.07, 6.45) is 21.9. The number of likely N-dealkylation sites (N-methyl/N-ethyl adjacent to an activating group) is 1. The zero-order valence-electron chi connectivity index (χ0n) is 46.9. The summed E-state index contributed by atoms with van der Waals surface area (Å²) in [6.45, 7) is 11.4. The van der Waals surface area contributed by atoms with Gasteiger partial charge in [0.1, 0.15) is 26.4 Å². The molecule has 0 unspecified atom stereocenters. The van der Waals surface area contributed by atoms with Crippen LogP contribution in [0, 0.1) is 17.8 Å². The third-order valence-corrected chi connectivity index (χ3v) is 12.7. The van der Waals surface area contributed by atoms with Crippen molar-refractivity contribution in [1.82, 2.24) is 4.90 Å². The van der Waals surface area contributed by atoms with Crippen molar-refractivity contribution in [2.24, 2.45) is 17.8 Å². The van der Waals surface area contributed by atoms with Crippen LogP contribution in [-0.2, 0) is 66.7 Å². The minimum atomic E-state index is -0.950. The fraction of sp³-hybridized carbons (Fsp3) is 0.877. The molecule has 432 valence electrons. The van der Waals surface area contributed by atoms with Gasteiger partial charge in [-0.25, -0.2) is 4.79 Å². The SMILES string of the molecule is CCCCCCCC(=O)OCC(CCCC(=O)OCC(COC(=O)CCCC(COC(=O)CCCCCCC)COC(=O)CCCCCCC)COC(=O)OCCN(CC)CCO)COC(=O)CCCCCCC. The topological polar surface area (TPSA) is 217 Å². The van der Waals surface area contributed by atoms with E-state index >= 15 is 0 Å². The molecular formula is C57H103NO16. The van der Waals surface area contributed by atoms with E-state index in [4.69, 9.17) is 37.9 Å². The average Bonchev–Trinajstić information content (AvgIpc) is 3.38. The first-order chi connectivity index (χ1) is 35.9. The first-order valence-corrected chi connectivity index (χ1v) is 29.0. The number of unbranched alkanes of at least 4 members (excludes halogenated alkanes) is 16. The van der Waals surface area contributed by atoms with Crippen LogP contribution in [0.25, 0.3) is 0 Å². The van der Waals surface area contributed by atoms with E-state index in [1.54, 1.807) is 0 Å². The van der Waals surface area contributed by atoms with E-state index < -0.39 is 24.0 Å². The van der Waals surface area contributed by atoms with Crippen LogP contribution >= 0.6 is 0 Å². The van der Waals surface area contributed by atoms with E-state index in [-0.39, 0.29) is 108 Å². The molecule has 1 N–H and O–H groups in total. The van der Waals surface area contributed by atoms with E-state index in [0.717, 1.165) is 128 Å². The summed E-state index contributed by atoms with van der Waals surface area (Å²) < 4.78 is 44.1. The lowest BCUT2D eigenvalue weighted by Crippen LogP contribution is -2.31. The second kappa shape index (κ2) is 51.1. The van der Waals surface area contributed by atoms with Gasteiger partial charge in [0.15, 0.2) is 0 Å². The summed E-state index contributed by atoms with van der Waals surface area (Å²) in [6, 6.07) is 0. The molecule has 0 heterocycles. The van der Waals surface area contributed by atoms with Gasteiger partial charge in [0.25, 0.3) is 0 Å². The smallest absolute Gasteiger partial charge is 0.465 e. The zero-order chi connectivity index (χ0) is 54.7. The summed E-state index contributed by atoms with van der Waals surface area (Å²) in [5.74, 6) is -3.66. The molecule has 0 radical (unpaired) electrons. The van der Waals surface area contributed by atoms with Gasteiger partial charge >= 0.3 is 42.0 Å². The molecule has 0 saturated carbocycles. The van der Waals surface area contributed by atoms with Crippen LogP contribution in [0.4, 0.5) is 4.79 Å². The Kier molecular flexibility index (Phi) is 48.4. The number of carbonyl (C=O) groups is 7. The van der Waals surface area contributed by atoms with Crippen LogP contribution in [0.2, 0.25) is 0 Å². The minimum absolute atomic E-state index is 0.00807. The molecule has 0 aliphatic carbocycles. The molecule has 0 rings (SSSR count). The second-order valence-corrected chi connectivity index (χ2v) is 19.7. The number of hydrogen-bond donors (Lipinski definition) is 1. The van der Waals surface area contributed by atoms with Crippen molar-refractivity contribution in [1.29, 1.82) is 0 Å². The van der Waals surface area contributed by atoms with Gasteiger partial charge in [-0.3, -0.25) is 33.7 Å². The minimum Gasteiger partial charge on any atom is -0.465 e. The zero-order valence-corrected chi connectivity index (χ0v) is 46.9. The van der Waals surface area contributed by atoms with Crippen LogP contribution in [0.1, 0.15) is 227 Å². The normalized spacial score (nSPS) is 11.3. The van der Waals surface area contributed by atoms with Crippen molar-refractivity contribution in [3.8, 4) is 0 Å². The molecule has 0 aromatic rings. The summed E-state index contributed by atoms with van der Waals surface area (Å²) in [4.78, 5) is 90.7. The summed E-state index contributed by atoms with van der Waals surface area (Å²) in [7, 11) is 0. The maximum atomic E-state index is 13.1. The van der Waals surface area contributed by atoms with Crippen molar-refractivity contribution in [2.45, 2.75) is 227 Å². The monoisotopic (exact) mass is 1060 g/mol. The molecule has 74 heavy (non-hydrogen) atoms. The first-order valence-electron chi connectivity index (χ1n) is 29.0. The molecule has 0 aromatic heterocycles. The van der Waals surface area contributed by atoms with Gasteiger partial charge in [0.05, 0.1) is 39.0 Å². The number of rotatable bonds is 52. The van der Waals surface area contributed by atoms with Gasteiger partial charge in [0.2, 0.25) is 0 Å². The number of carbonyl (C=O) groups excluding carboxylic acids is 7. The molecule has 17 nitrogen and oxygen atoms in total. The Balaban J connectivity index is 5.54. The largest absolute Gasteiger partial charge is 0.508 e. The van der Waals surface area contributed by atoms with E-state index in [9.17, 15) is 38.7 Å². The van der Waals surface area contributed by atoms with Crippen LogP contribution in [0.5, 0.6) is 0 Å². The molecule has 0 bridgehead atoms.